The van der Waals surface area contributed by atoms with E-state index in [0.29, 0.717) is 5.57 Å². The number of Topliss-reactive ketones (excluding diaryl/α,β-unsaturated/α-hetero) is 2. The molecule has 0 rings (SSSR count). The molecule has 0 fully saturated rings. The number of carbonyl (C=O) groups excluding carboxylic acids is 3. The summed E-state index contributed by atoms with van der Waals surface area (Å²) in [5, 5.41) is 2.41. The Balaban J connectivity index is -0.000000616. The lowest BCUT2D eigenvalue weighted by molar-refractivity contribution is -0.126. The van der Waals surface area contributed by atoms with Crippen LogP contribution in [0.1, 0.15) is 42.0 Å². The topological polar surface area (TPSA) is 63.2 Å². The lowest BCUT2D eigenvalue weighted by Gasteiger charge is -2.01. The van der Waals surface area contributed by atoms with E-state index in [1.807, 2.05) is 13.8 Å². The zero-order valence-electron chi connectivity index (χ0n) is 10.6. The van der Waals surface area contributed by atoms with E-state index in [4.69, 9.17) is 0 Å². The number of rotatable bonds is 6. The van der Waals surface area contributed by atoms with Gasteiger partial charge in [-0.3, -0.25) is 14.4 Å². The van der Waals surface area contributed by atoms with E-state index in [-0.39, 0.29) is 38.3 Å². The molecule has 0 spiro atoms. The summed E-state index contributed by atoms with van der Waals surface area (Å²) in [6, 6.07) is 0. The van der Waals surface area contributed by atoms with Crippen molar-refractivity contribution in [1.82, 2.24) is 5.32 Å². The van der Waals surface area contributed by atoms with E-state index >= 15 is 0 Å². The zero-order chi connectivity index (χ0) is 13.1. The molecule has 1 amide bonds. The maximum absolute atomic E-state index is 11.0. The molecule has 0 aliphatic rings. The maximum atomic E-state index is 11.0. The number of nitrogens with one attached hydrogen (secondary N) is 1. The molecule has 0 radical (unpaired) electrons. The number of allylic oxidation sites excluding steroid dienone is 1. The van der Waals surface area contributed by atoms with Crippen LogP contribution in [0.15, 0.2) is 12.2 Å². The number of hydrogen-bond acceptors (Lipinski definition) is 3. The normalized spacial score (nSPS) is 8.50. The minimum Gasteiger partial charge on any atom is -0.349 e. The quantitative estimate of drug-likeness (QED) is 0.707. The standard InChI is InChI=1S/C10H15NO3.C2H6.H2/c1-7(2)9(13)4-5-10(14)11-6-8(3)12;1-2;/h1,4-6H2,2-3H3,(H,11,14);1-2H3;1H. The van der Waals surface area contributed by atoms with E-state index in [0.717, 1.165) is 0 Å². The van der Waals surface area contributed by atoms with Crippen LogP contribution in [0.3, 0.4) is 0 Å². The number of carbonyl (C=O) groups is 3. The summed E-state index contributed by atoms with van der Waals surface area (Å²) in [7, 11) is 0. The second-order valence-electron chi connectivity index (χ2n) is 3.18. The first-order valence-corrected chi connectivity index (χ1v) is 5.38. The summed E-state index contributed by atoms with van der Waals surface area (Å²) in [6.45, 7) is 10.5. The Morgan fingerprint density at radius 3 is 2.00 bits per heavy atom. The van der Waals surface area contributed by atoms with Crippen molar-refractivity contribution in [3.63, 3.8) is 0 Å². The van der Waals surface area contributed by atoms with Crippen molar-refractivity contribution in [3.8, 4) is 0 Å². The highest BCUT2D eigenvalue weighted by atomic mass is 16.2. The van der Waals surface area contributed by atoms with E-state index in [1.165, 1.54) is 6.92 Å². The molecule has 4 nitrogen and oxygen atoms in total. The predicted molar refractivity (Wildman–Crippen MR) is 66.2 cm³/mol. The second-order valence-corrected chi connectivity index (χ2v) is 3.18. The summed E-state index contributed by atoms with van der Waals surface area (Å²) in [4.78, 5) is 32.6. The van der Waals surface area contributed by atoms with Crippen LogP contribution in [0.25, 0.3) is 0 Å². The van der Waals surface area contributed by atoms with Crippen molar-refractivity contribution in [2.45, 2.75) is 40.5 Å². The summed E-state index contributed by atoms with van der Waals surface area (Å²) >= 11 is 0. The van der Waals surface area contributed by atoms with Crippen molar-refractivity contribution in [2.75, 3.05) is 6.54 Å². The van der Waals surface area contributed by atoms with Crippen LogP contribution < -0.4 is 5.32 Å². The molecule has 16 heavy (non-hydrogen) atoms. The molecule has 94 valence electrons. The van der Waals surface area contributed by atoms with Crippen LogP contribution in [0.2, 0.25) is 0 Å². The van der Waals surface area contributed by atoms with Crippen molar-refractivity contribution in [3.05, 3.63) is 12.2 Å². The van der Waals surface area contributed by atoms with Crippen LogP contribution in [0.5, 0.6) is 0 Å². The Morgan fingerprint density at radius 1 is 1.12 bits per heavy atom. The molecule has 4 heteroatoms. The van der Waals surface area contributed by atoms with Gasteiger partial charge < -0.3 is 5.32 Å². The summed E-state index contributed by atoms with van der Waals surface area (Å²) in [6.07, 6.45) is 0.262. The van der Waals surface area contributed by atoms with Crippen LogP contribution in [-0.4, -0.2) is 24.0 Å². The largest absolute Gasteiger partial charge is 0.349 e. The van der Waals surface area contributed by atoms with Gasteiger partial charge in [-0.25, -0.2) is 0 Å². The van der Waals surface area contributed by atoms with Crippen LogP contribution >= 0.6 is 0 Å². The third-order valence-electron chi connectivity index (χ3n) is 1.59. The number of hydrogen-bond donors (Lipinski definition) is 1. The average molecular weight is 229 g/mol. The molecule has 0 aliphatic carbocycles. The van der Waals surface area contributed by atoms with E-state index in [1.54, 1.807) is 6.92 Å². The third kappa shape index (κ3) is 10.6. The highest BCUT2D eigenvalue weighted by Crippen LogP contribution is 1.98. The van der Waals surface area contributed by atoms with Gasteiger partial charge in [-0.1, -0.05) is 20.4 Å². The predicted octanol–water partition coefficient (Wildman–Crippen LogP) is 1.89. The van der Waals surface area contributed by atoms with Gasteiger partial charge in [0.05, 0.1) is 6.54 Å². The molecule has 0 unspecified atom stereocenters. The van der Waals surface area contributed by atoms with Gasteiger partial charge in [0.2, 0.25) is 5.91 Å². The van der Waals surface area contributed by atoms with Crippen LogP contribution in [0, 0.1) is 0 Å². The van der Waals surface area contributed by atoms with Crippen molar-refractivity contribution >= 4 is 17.5 Å². The van der Waals surface area contributed by atoms with E-state index in [2.05, 4.69) is 11.9 Å². The van der Waals surface area contributed by atoms with Crippen molar-refractivity contribution in [1.29, 1.82) is 0 Å². The third-order valence-corrected chi connectivity index (χ3v) is 1.59. The molecule has 0 saturated heterocycles. The lowest BCUT2D eigenvalue weighted by atomic mass is 10.1. The van der Waals surface area contributed by atoms with Crippen LogP contribution in [0.4, 0.5) is 0 Å². The van der Waals surface area contributed by atoms with Gasteiger partial charge in [-0.05, 0) is 19.4 Å². The minimum absolute atomic E-state index is 0. The molecule has 0 heterocycles. The number of ketones is 2. The maximum Gasteiger partial charge on any atom is 0.220 e. The Bertz CT molecular complexity index is 275. The molecule has 0 aliphatic heterocycles. The van der Waals surface area contributed by atoms with E-state index < -0.39 is 0 Å². The highest BCUT2D eigenvalue weighted by molar-refractivity contribution is 5.96. The molecule has 0 aromatic carbocycles. The Labute approximate surface area is 98.6 Å². The monoisotopic (exact) mass is 229 g/mol. The van der Waals surface area contributed by atoms with Gasteiger partial charge in [-0.15, -0.1) is 0 Å². The first-order valence-electron chi connectivity index (χ1n) is 5.38. The van der Waals surface area contributed by atoms with Crippen molar-refractivity contribution in [2.24, 2.45) is 0 Å². The van der Waals surface area contributed by atoms with Crippen LogP contribution in [-0.2, 0) is 14.4 Å². The van der Waals surface area contributed by atoms with Gasteiger partial charge in [-0.2, -0.15) is 0 Å². The molecular formula is C12H23NO3. The second kappa shape index (κ2) is 10.1. The minimum atomic E-state index is -0.283. The Morgan fingerprint density at radius 2 is 1.62 bits per heavy atom. The number of amides is 1. The van der Waals surface area contributed by atoms with Gasteiger partial charge >= 0.3 is 0 Å². The lowest BCUT2D eigenvalue weighted by Crippen LogP contribution is -2.28. The fourth-order valence-corrected chi connectivity index (χ4v) is 0.752. The molecule has 0 saturated carbocycles. The first kappa shape index (κ1) is 17.0. The fourth-order valence-electron chi connectivity index (χ4n) is 0.752. The van der Waals surface area contributed by atoms with Gasteiger partial charge in [0.15, 0.2) is 5.78 Å². The molecule has 1 N–H and O–H groups in total. The fraction of sp³-hybridized carbons (Fsp3) is 0.583. The molecular weight excluding hydrogens is 206 g/mol. The summed E-state index contributed by atoms with van der Waals surface area (Å²) < 4.78 is 0. The summed E-state index contributed by atoms with van der Waals surface area (Å²) in [5.41, 5.74) is 0.448. The van der Waals surface area contributed by atoms with Gasteiger partial charge in [0.1, 0.15) is 5.78 Å². The molecule has 0 bridgehead atoms. The zero-order valence-corrected chi connectivity index (χ0v) is 10.6. The smallest absolute Gasteiger partial charge is 0.220 e. The van der Waals surface area contributed by atoms with Gasteiger partial charge in [0.25, 0.3) is 0 Å². The average Bonchev–Trinajstić information content (AvgIpc) is 2.25. The van der Waals surface area contributed by atoms with Gasteiger partial charge in [0, 0.05) is 14.3 Å². The van der Waals surface area contributed by atoms with E-state index in [9.17, 15) is 14.4 Å². The molecule has 0 aromatic rings. The Hall–Kier alpha value is -1.45. The van der Waals surface area contributed by atoms with Crippen molar-refractivity contribution < 1.29 is 15.8 Å². The highest BCUT2D eigenvalue weighted by Gasteiger charge is 2.07. The first-order chi connectivity index (χ1) is 7.43. The SMILES string of the molecule is C=C(C)C(=O)CCC(=O)NCC(C)=O.CC.[HH]. The summed E-state index contributed by atoms with van der Waals surface area (Å²) in [5.74, 6) is -0.512. The molecule has 0 atom stereocenters. The molecule has 0 aromatic heterocycles. The Kier molecular flexibility index (Phi) is 10.7.